The molecule has 16 nitrogen and oxygen atoms in total. The predicted octanol–water partition coefficient (Wildman–Crippen LogP) is 4.71. The maximum Gasteiger partial charge on any atom is 0.366 e. The van der Waals surface area contributed by atoms with E-state index < -0.39 is 59.7 Å². The highest BCUT2D eigenvalue weighted by Crippen LogP contribution is 2.35. The lowest BCUT2D eigenvalue weighted by molar-refractivity contribution is -0.165. The molecule has 334 valence electrons. The Balaban J connectivity index is 1.41. The number of nitrogens with two attached hydrogens (primary N) is 2. The van der Waals surface area contributed by atoms with Crippen LogP contribution in [0.2, 0.25) is 0 Å². The van der Waals surface area contributed by atoms with Gasteiger partial charge in [-0.25, -0.2) is 13.3 Å². The van der Waals surface area contributed by atoms with E-state index in [1.54, 1.807) is 27.7 Å². The van der Waals surface area contributed by atoms with Crippen molar-refractivity contribution in [1.29, 1.82) is 0 Å². The van der Waals surface area contributed by atoms with Crippen molar-refractivity contribution in [1.82, 2.24) is 37.8 Å². The third-order valence-electron chi connectivity index (χ3n) is 11.1. The fourth-order valence-corrected chi connectivity index (χ4v) is 7.94. The van der Waals surface area contributed by atoms with Crippen LogP contribution in [-0.2, 0) is 52.6 Å². The zero-order valence-electron chi connectivity index (χ0n) is 35.9. The molecule has 3 aromatic carbocycles. The van der Waals surface area contributed by atoms with Gasteiger partial charge in [0.15, 0.2) is 6.17 Å². The zero-order chi connectivity index (χ0) is 46.4. The molecule has 0 aliphatic carbocycles. The van der Waals surface area contributed by atoms with Crippen molar-refractivity contribution in [2.45, 2.75) is 78.6 Å². The molecule has 4 heterocycles. The summed E-state index contributed by atoms with van der Waals surface area (Å²) < 4.78 is 74.6. The van der Waals surface area contributed by atoms with Gasteiger partial charge in [-0.15, -0.1) is 0 Å². The lowest BCUT2D eigenvalue weighted by Crippen LogP contribution is -2.47. The van der Waals surface area contributed by atoms with Crippen LogP contribution in [0.4, 0.5) is 17.6 Å². The average Bonchev–Trinajstić information content (AvgIpc) is 4.00. The monoisotopic (exact) mass is 882 g/mol. The minimum atomic E-state index is -4.77. The van der Waals surface area contributed by atoms with Gasteiger partial charge >= 0.3 is 6.05 Å². The van der Waals surface area contributed by atoms with Crippen LogP contribution in [0.5, 0.6) is 0 Å². The van der Waals surface area contributed by atoms with Crippen molar-refractivity contribution in [2.75, 3.05) is 0 Å². The van der Waals surface area contributed by atoms with Gasteiger partial charge in [-0.3, -0.25) is 28.5 Å². The van der Waals surface area contributed by atoms with E-state index in [1.807, 2.05) is 30.3 Å². The number of primary amides is 2. The number of imidazole rings is 2. The maximum absolute atomic E-state index is 17.1. The number of fused-ring (bicyclic) bond motifs is 2. The van der Waals surface area contributed by atoms with Crippen LogP contribution in [0.3, 0.4) is 0 Å². The number of amides is 4. The van der Waals surface area contributed by atoms with Gasteiger partial charge in [0, 0.05) is 38.3 Å². The Bertz CT molecular complexity index is 3130. The molecule has 4 aromatic heterocycles. The van der Waals surface area contributed by atoms with Crippen molar-refractivity contribution in [3.8, 4) is 0 Å². The molecular weight excluding hydrogens is 837 g/mol. The molecule has 4 N–H and O–H groups in total. The van der Waals surface area contributed by atoms with E-state index in [9.17, 15) is 19.2 Å². The number of alkyl halides is 4. The molecule has 2 atom stereocenters. The Morgan fingerprint density at radius 2 is 1.25 bits per heavy atom. The zero-order valence-corrected chi connectivity index (χ0v) is 35.9. The number of carbonyl (C=O) groups excluding carboxylic acids is 4. The first-order valence-corrected chi connectivity index (χ1v) is 20.4. The van der Waals surface area contributed by atoms with Gasteiger partial charge < -0.3 is 25.2 Å². The number of hydrogen-bond donors (Lipinski definition) is 2. The normalized spacial score (nSPS) is 13.6. The highest BCUT2D eigenvalue weighted by molar-refractivity contribution is 5.98. The van der Waals surface area contributed by atoms with Crippen molar-refractivity contribution in [3.05, 3.63) is 129 Å². The summed E-state index contributed by atoms with van der Waals surface area (Å²) in [5, 5.41) is 8.54. The van der Waals surface area contributed by atoms with Gasteiger partial charge in [0.2, 0.25) is 29.2 Å². The minimum Gasteiger partial charge on any atom is -0.366 e. The lowest BCUT2D eigenvalue weighted by atomic mass is 10.0. The van der Waals surface area contributed by atoms with Crippen LogP contribution in [0.25, 0.3) is 22.1 Å². The summed E-state index contributed by atoms with van der Waals surface area (Å²) in [6.07, 6.45) is -6.04. The number of aromatic nitrogens is 8. The lowest BCUT2D eigenvalue weighted by Gasteiger charge is -2.25. The van der Waals surface area contributed by atoms with Crippen LogP contribution in [-0.4, -0.2) is 73.8 Å². The van der Waals surface area contributed by atoms with E-state index in [0.717, 1.165) is 26.8 Å². The first-order valence-electron chi connectivity index (χ1n) is 20.4. The summed E-state index contributed by atoms with van der Waals surface area (Å²) in [4.78, 5) is 60.7. The fraction of sp³-hybridized carbons (Fsp3) is 0.318. The van der Waals surface area contributed by atoms with Gasteiger partial charge in [0.25, 0.3) is 11.8 Å². The molecule has 0 spiro atoms. The molecule has 0 fully saturated rings. The Morgan fingerprint density at radius 1 is 0.703 bits per heavy atom. The Kier molecular flexibility index (Phi) is 12.2. The summed E-state index contributed by atoms with van der Waals surface area (Å²) in [6.45, 7) is 6.20. The quantitative estimate of drug-likeness (QED) is 0.148. The van der Waals surface area contributed by atoms with E-state index in [2.05, 4.69) is 20.2 Å². The van der Waals surface area contributed by atoms with Crippen molar-refractivity contribution in [2.24, 2.45) is 35.5 Å². The van der Waals surface area contributed by atoms with Crippen LogP contribution in [0, 0.1) is 13.8 Å². The first kappa shape index (κ1) is 44.7. The molecular formula is C44H46F4N12O4. The smallest absolute Gasteiger partial charge is 0.366 e. The molecule has 0 bridgehead atoms. The van der Waals surface area contributed by atoms with Crippen LogP contribution in [0.1, 0.15) is 78.1 Å². The Morgan fingerprint density at radius 3 is 1.81 bits per heavy atom. The molecule has 2 unspecified atom stereocenters. The summed E-state index contributed by atoms with van der Waals surface area (Å²) in [5.41, 5.74) is 12.5. The highest BCUT2D eigenvalue weighted by atomic mass is 19.3. The summed E-state index contributed by atoms with van der Waals surface area (Å²) in [7, 11) is 2.76. The van der Waals surface area contributed by atoms with Gasteiger partial charge in [0.1, 0.15) is 11.4 Å². The van der Waals surface area contributed by atoms with Crippen molar-refractivity contribution >= 4 is 45.7 Å². The largest absolute Gasteiger partial charge is 0.366 e. The van der Waals surface area contributed by atoms with Gasteiger partial charge in [0.05, 0.1) is 40.0 Å². The van der Waals surface area contributed by atoms with E-state index in [1.165, 1.54) is 58.4 Å². The third kappa shape index (κ3) is 8.17. The molecule has 0 radical (unpaired) electrons. The second kappa shape index (κ2) is 17.4. The molecule has 20 heteroatoms. The number of carbonyl (C=O) groups is 4. The summed E-state index contributed by atoms with van der Waals surface area (Å²) in [5.74, 6) is -3.49. The van der Waals surface area contributed by atoms with Gasteiger partial charge in [-0.05, 0) is 94.1 Å². The number of nitrogens with zero attached hydrogens (tertiary/aromatic N) is 10. The molecule has 0 aliphatic heterocycles. The number of rotatable bonds is 14. The Labute approximate surface area is 362 Å². The third-order valence-corrected chi connectivity index (χ3v) is 11.1. The topological polar surface area (TPSA) is 200 Å². The van der Waals surface area contributed by atoms with Crippen LogP contribution >= 0.6 is 0 Å². The van der Waals surface area contributed by atoms with Gasteiger partial charge in [-0.1, -0.05) is 30.3 Å². The van der Waals surface area contributed by atoms with Crippen LogP contribution in [0.15, 0.2) is 82.8 Å². The standard InChI is InChI=1S/C44H46F4N12O4/c1-7-58-34(18-24(3)53-58)40(63)51-42-56(6)33-22-29(39(50)62)20-27(15-14-26-12-10-9-11-13-26)36(33)57(42)23-30(45)37(46)44(47,48)60-31-17-16-28(38(49)61)21-32(31)55(5)43(60)52-41(64)35-19-25(4)54-59(35)8-2/h9-13,16-22,30,37H,7-8,14-15,23H2,1-6H3,(H2,49,61)(H2,50,62)/b51-42+,52-43+. The second-order valence-electron chi connectivity index (χ2n) is 15.4. The molecule has 0 saturated carbocycles. The van der Waals surface area contributed by atoms with Crippen molar-refractivity contribution in [3.63, 3.8) is 0 Å². The number of halogens is 4. The van der Waals surface area contributed by atoms with Crippen molar-refractivity contribution < 1.29 is 36.7 Å². The first-order chi connectivity index (χ1) is 30.4. The van der Waals surface area contributed by atoms with E-state index in [-0.39, 0.29) is 62.2 Å². The molecule has 64 heavy (non-hydrogen) atoms. The predicted molar refractivity (Wildman–Crippen MR) is 228 cm³/mol. The highest BCUT2D eigenvalue weighted by Gasteiger charge is 2.50. The van der Waals surface area contributed by atoms with Crippen LogP contribution < -0.4 is 22.7 Å². The summed E-state index contributed by atoms with van der Waals surface area (Å²) in [6, 6.07) is 13.7. The SMILES string of the molecule is CCn1nc(C)cc1C(=O)/N=c1\n(C)c2cc(C(N)=O)cc(CCc3ccccc3)c2n1CC(F)C(F)C(F)(F)n1/c(=N/C(=O)c2cc(C)nn2CC)n(C)c2cc(C(N)=O)ccc21. The molecule has 0 aliphatic rings. The van der Waals surface area contributed by atoms with Gasteiger partial charge in [-0.2, -0.15) is 29.0 Å². The van der Waals surface area contributed by atoms with E-state index in [4.69, 9.17) is 11.5 Å². The minimum absolute atomic E-state index is 0.0454. The molecule has 7 aromatic rings. The molecule has 4 amide bonds. The van der Waals surface area contributed by atoms with E-state index in [0.29, 0.717) is 29.9 Å². The number of hydrogen-bond acceptors (Lipinski definition) is 6. The molecule has 7 rings (SSSR count). The number of aryl methyl sites for hydroxylation is 8. The Hall–Kier alpha value is -7.38. The average molecular weight is 883 g/mol. The molecule has 0 saturated heterocycles. The summed E-state index contributed by atoms with van der Waals surface area (Å²) >= 11 is 0. The second-order valence-corrected chi connectivity index (χ2v) is 15.4. The maximum atomic E-state index is 17.1. The fourth-order valence-electron chi connectivity index (χ4n) is 7.94. The number of benzene rings is 3. The van der Waals surface area contributed by atoms with E-state index >= 15 is 17.6 Å².